The molecular formula is C12H20N2O. The largest absolute Gasteiger partial charge is 0.352 e. The molecule has 0 aromatic heterocycles. The Morgan fingerprint density at radius 2 is 2.40 bits per heavy atom. The van der Waals surface area contributed by atoms with Gasteiger partial charge in [-0.1, -0.05) is 18.2 Å². The Hall–Kier alpha value is -1.09. The van der Waals surface area contributed by atoms with Crippen molar-refractivity contribution in [1.82, 2.24) is 10.6 Å². The van der Waals surface area contributed by atoms with Crippen LogP contribution in [0.5, 0.6) is 0 Å². The molecule has 3 nitrogen and oxygen atoms in total. The van der Waals surface area contributed by atoms with Crippen molar-refractivity contribution in [2.75, 3.05) is 13.1 Å². The molecule has 0 bridgehead atoms. The molecule has 84 valence electrons. The van der Waals surface area contributed by atoms with Gasteiger partial charge in [-0.2, -0.15) is 0 Å². The first-order valence-electron chi connectivity index (χ1n) is 5.63. The molecular weight excluding hydrogens is 188 g/mol. The number of nitrogens with one attached hydrogen (secondary N) is 2. The molecule has 0 radical (unpaired) electrons. The molecule has 2 N–H and O–H groups in total. The van der Waals surface area contributed by atoms with Crippen LogP contribution in [-0.2, 0) is 4.79 Å². The van der Waals surface area contributed by atoms with Crippen LogP contribution < -0.4 is 10.6 Å². The maximum absolute atomic E-state index is 11.2. The molecule has 1 aliphatic heterocycles. The summed E-state index contributed by atoms with van der Waals surface area (Å²) in [5.41, 5.74) is 0. The molecule has 0 aromatic carbocycles. The summed E-state index contributed by atoms with van der Waals surface area (Å²) in [5.74, 6) is -0.00824. The molecule has 1 fully saturated rings. The molecule has 3 heteroatoms. The normalized spacial score (nSPS) is 21.5. The summed E-state index contributed by atoms with van der Waals surface area (Å²) in [4.78, 5) is 11.2. The van der Waals surface area contributed by atoms with E-state index in [1.54, 1.807) is 12.2 Å². The van der Waals surface area contributed by atoms with E-state index < -0.39 is 0 Å². The lowest BCUT2D eigenvalue weighted by atomic mass is 10.1. The van der Waals surface area contributed by atoms with Crippen molar-refractivity contribution in [2.45, 2.75) is 32.2 Å². The van der Waals surface area contributed by atoms with Gasteiger partial charge in [-0.25, -0.2) is 0 Å². The summed E-state index contributed by atoms with van der Waals surface area (Å²) in [7, 11) is 0. The smallest absolute Gasteiger partial charge is 0.243 e. The van der Waals surface area contributed by atoms with Gasteiger partial charge in [0.2, 0.25) is 5.91 Å². The quantitative estimate of drug-likeness (QED) is 0.529. The van der Waals surface area contributed by atoms with Crippen molar-refractivity contribution in [3.05, 3.63) is 24.3 Å². The first-order chi connectivity index (χ1) is 7.33. The third-order valence-corrected chi connectivity index (χ3v) is 2.51. The van der Waals surface area contributed by atoms with E-state index in [1.165, 1.54) is 12.8 Å². The zero-order valence-electron chi connectivity index (χ0n) is 9.33. The lowest BCUT2D eigenvalue weighted by molar-refractivity contribution is -0.116. The van der Waals surface area contributed by atoms with Crippen LogP contribution in [0.1, 0.15) is 26.2 Å². The topological polar surface area (TPSA) is 41.1 Å². The molecule has 1 rings (SSSR count). The van der Waals surface area contributed by atoms with Gasteiger partial charge in [0.05, 0.1) is 0 Å². The van der Waals surface area contributed by atoms with E-state index in [0.29, 0.717) is 6.04 Å². The summed E-state index contributed by atoms with van der Waals surface area (Å²) >= 11 is 0. The average molecular weight is 208 g/mol. The monoisotopic (exact) mass is 208 g/mol. The molecule has 0 spiro atoms. The van der Waals surface area contributed by atoms with Crippen LogP contribution >= 0.6 is 0 Å². The van der Waals surface area contributed by atoms with Crippen molar-refractivity contribution >= 4 is 5.91 Å². The number of rotatable bonds is 5. The molecule has 15 heavy (non-hydrogen) atoms. The van der Waals surface area contributed by atoms with Crippen molar-refractivity contribution in [3.63, 3.8) is 0 Å². The zero-order valence-corrected chi connectivity index (χ0v) is 9.33. The Balaban J connectivity index is 2.05. The highest BCUT2D eigenvalue weighted by Gasteiger charge is 2.12. The predicted octanol–water partition coefficient (Wildman–Crippen LogP) is 1.38. The number of amides is 1. The van der Waals surface area contributed by atoms with Gasteiger partial charge in [-0.05, 0) is 32.7 Å². The highest BCUT2D eigenvalue weighted by atomic mass is 16.1. The summed E-state index contributed by atoms with van der Waals surface area (Å²) in [6.07, 6.45) is 10.6. The fourth-order valence-corrected chi connectivity index (χ4v) is 1.69. The van der Waals surface area contributed by atoms with Crippen molar-refractivity contribution in [2.24, 2.45) is 0 Å². The maximum Gasteiger partial charge on any atom is 0.243 e. The second-order valence-corrected chi connectivity index (χ2v) is 3.76. The number of allylic oxidation sites excluding steroid dienone is 3. The predicted molar refractivity (Wildman–Crippen MR) is 62.6 cm³/mol. The first kappa shape index (κ1) is 12.0. The van der Waals surface area contributed by atoms with Crippen LogP contribution in [-0.4, -0.2) is 25.0 Å². The van der Waals surface area contributed by atoms with Gasteiger partial charge in [0.25, 0.3) is 0 Å². The van der Waals surface area contributed by atoms with Gasteiger partial charge in [0.1, 0.15) is 0 Å². The standard InChI is InChI=1S/C12H20N2O/c1-2-3-4-7-12(15)14-10-8-11-6-5-9-13-11/h2-4,7,11,13H,5-6,8-10H2,1H3,(H,14,15). The molecule has 1 atom stereocenters. The minimum absolute atomic E-state index is 0.00824. The number of carbonyl (C=O) groups is 1. The molecule has 1 amide bonds. The van der Waals surface area contributed by atoms with E-state index in [9.17, 15) is 4.79 Å². The summed E-state index contributed by atoms with van der Waals surface area (Å²) in [5, 5.41) is 6.27. The Kier molecular flexibility index (Phi) is 5.78. The Morgan fingerprint density at radius 1 is 1.53 bits per heavy atom. The minimum atomic E-state index is -0.00824. The fraction of sp³-hybridized carbons (Fsp3) is 0.583. The fourth-order valence-electron chi connectivity index (χ4n) is 1.69. The van der Waals surface area contributed by atoms with Crippen LogP contribution in [0.2, 0.25) is 0 Å². The number of hydrogen-bond acceptors (Lipinski definition) is 2. The van der Waals surface area contributed by atoms with E-state index in [4.69, 9.17) is 0 Å². The van der Waals surface area contributed by atoms with Crippen LogP contribution in [0.3, 0.4) is 0 Å². The lowest BCUT2D eigenvalue weighted by Crippen LogP contribution is -2.29. The third kappa shape index (κ3) is 5.37. The third-order valence-electron chi connectivity index (χ3n) is 2.51. The van der Waals surface area contributed by atoms with Gasteiger partial charge in [0.15, 0.2) is 0 Å². The van der Waals surface area contributed by atoms with Crippen LogP contribution in [0, 0.1) is 0 Å². The highest BCUT2D eigenvalue weighted by Crippen LogP contribution is 2.07. The van der Waals surface area contributed by atoms with Crippen LogP contribution in [0.4, 0.5) is 0 Å². The molecule has 0 aromatic rings. The van der Waals surface area contributed by atoms with E-state index in [1.807, 2.05) is 19.1 Å². The summed E-state index contributed by atoms with van der Waals surface area (Å²) < 4.78 is 0. The van der Waals surface area contributed by atoms with Gasteiger partial charge in [-0.3, -0.25) is 4.79 Å². The minimum Gasteiger partial charge on any atom is -0.352 e. The van der Waals surface area contributed by atoms with Crippen LogP contribution in [0.25, 0.3) is 0 Å². The summed E-state index contributed by atoms with van der Waals surface area (Å²) in [6.45, 7) is 3.81. The van der Waals surface area contributed by atoms with Gasteiger partial charge < -0.3 is 10.6 Å². The lowest BCUT2D eigenvalue weighted by Gasteiger charge is -2.09. The van der Waals surface area contributed by atoms with Crippen molar-refractivity contribution in [1.29, 1.82) is 0 Å². The molecule has 1 unspecified atom stereocenters. The maximum atomic E-state index is 11.2. The zero-order chi connectivity index (χ0) is 10.9. The molecule has 1 saturated heterocycles. The Labute approximate surface area is 91.6 Å². The molecule has 0 saturated carbocycles. The van der Waals surface area contributed by atoms with Crippen molar-refractivity contribution < 1.29 is 4.79 Å². The second kappa shape index (κ2) is 7.23. The number of carbonyl (C=O) groups excluding carboxylic acids is 1. The van der Waals surface area contributed by atoms with Gasteiger partial charge >= 0.3 is 0 Å². The van der Waals surface area contributed by atoms with Crippen molar-refractivity contribution in [3.8, 4) is 0 Å². The Morgan fingerprint density at radius 3 is 3.07 bits per heavy atom. The van der Waals surface area contributed by atoms with E-state index in [2.05, 4.69) is 10.6 Å². The van der Waals surface area contributed by atoms with Gasteiger partial charge in [0, 0.05) is 18.7 Å². The first-order valence-corrected chi connectivity index (χ1v) is 5.63. The van der Waals surface area contributed by atoms with E-state index in [0.717, 1.165) is 19.5 Å². The SMILES string of the molecule is CC=CC=CC(=O)NCCC1CCCN1. The Bertz CT molecular complexity index is 240. The van der Waals surface area contributed by atoms with Crippen LogP contribution in [0.15, 0.2) is 24.3 Å². The van der Waals surface area contributed by atoms with E-state index in [-0.39, 0.29) is 5.91 Å². The van der Waals surface area contributed by atoms with Gasteiger partial charge in [-0.15, -0.1) is 0 Å². The molecule has 1 aliphatic rings. The highest BCUT2D eigenvalue weighted by molar-refractivity contribution is 5.87. The second-order valence-electron chi connectivity index (χ2n) is 3.76. The summed E-state index contributed by atoms with van der Waals surface area (Å²) in [6, 6.07) is 0.602. The molecule has 0 aliphatic carbocycles. The average Bonchev–Trinajstić information content (AvgIpc) is 2.71. The number of hydrogen-bond donors (Lipinski definition) is 2. The van der Waals surface area contributed by atoms with E-state index >= 15 is 0 Å². The molecule has 1 heterocycles.